The summed E-state index contributed by atoms with van der Waals surface area (Å²) in [5, 5.41) is 9.08. The summed E-state index contributed by atoms with van der Waals surface area (Å²) in [6, 6.07) is 9.70. The maximum absolute atomic E-state index is 12.2. The predicted octanol–water partition coefficient (Wildman–Crippen LogP) is 1.50. The topological polar surface area (TPSA) is 53.3 Å². The molecular weight excluding hydrogens is 216 g/mol. The van der Waals surface area contributed by atoms with Gasteiger partial charge < -0.3 is 9.64 Å². The molecule has 17 heavy (non-hydrogen) atoms. The molecule has 0 spiro atoms. The highest BCUT2D eigenvalue weighted by Gasteiger charge is 2.48. The molecule has 1 fully saturated rings. The third-order valence-corrected chi connectivity index (χ3v) is 3.01. The van der Waals surface area contributed by atoms with Gasteiger partial charge in [-0.1, -0.05) is 12.1 Å². The molecule has 1 aromatic rings. The molecule has 0 bridgehead atoms. The van der Waals surface area contributed by atoms with Crippen molar-refractivity contribution in [2.45, 2.75) is 6.92 Å². The number of anilines is 1. The summed E-state index contributed by atoms with van der Waals surface area (Å²) in [7, 11) is 1.69. The fraction of sp³-hybridized carbons (Fsp3) is 0.385. The Labute approximate surface area is 100 Å². The van der Waals surface area contributed by atoms with Crippen LogP contribution in [0.15, 0.2) is 24.3 Å². The van der Waals surface area contributed by atoms with E-state index in [0.717, 1.165) is 11.3 Å². The SMILES string of the molecule is Cc1cccc(N(C)C(=O)C2(C#N)COC2)c1. The van der Waals surface area contributed by atoms with Crippen molar-refractivity contribution < 1.29 is 9.53 Å². The standard InChI is InChI=1S/C13H14N2O2/c1-10-4-3-5-11(6-10)15(2)12(16)13(7-14)8-17-9-13/h3-6H,8-9H2,1-2H3. The van der Waals surface area contributed by atoms with Crippen molar-refractivity contribution in [3.8, 4) is 6.07 Å². The maximum Gasteiger partial charge on any atom is 0.252 e. The summed E-state index contributed by atoms with van der Waals surface area (Å²) >= 11 is 0. The second kappa shape index (κ2) is 4.19. The van der Waals surface area contributed by atoms with Crippen LogP contribution in [0.3, 0.4) is 0 Å². The van der Waals surface area contributed by atoms with E-state index in [1.807, 2.05) is 31.2 Å². The average molecular weight is 230 g/mol. The highest BCUT2D eigenvalue weighted by Crippen LogP contribution is 2.30. The largest absolute Gasteiger partial charge is 0.377 e. The van der Waals surface area contributed by atoms with E-state index in [-0.39, 0.29) is 19.1 Å². The first kappa shape index (κ1) is 11.6. The van der Waals surface area contributed by atoms with E-state index >= 15 is 0 Å². The Morgan fingerprint density at radius 3 is 2.71 bits per heavy atom. The van der Waals surface area contributed by atoms with Crippen LogP contribution in [0.4, 0.5) is 5.69 Å². The van der Waals surface area contributed by atoms with Crippen molar-refractivity contribution in [3.63, 3.8) is 0 Å². The predicted molar refractivity (Wildman–Crippen MR) is 63.5 cm³/mol. The van der Waals surface area contributed by atoms with E-state index in [1.165, 1.54) is 4.90 Å². The highest BCUT2D eigenvalue weighted by atomic mass is 16.5. The summed E-state index contributed by atoms with van der Waals surface area (Å²) in [6.07, 6.45) is 0. The molecule has 0 aromatic heterocycles. The third-order valence-electron chi connectivity index (χ3n) is 3.01. The van der Waals surface area contributed by atoms with Crippen LogP contribution in [0.1, 0.15) is 5.56 Å². The second-order valence-electron chi connectivity index (χ2n) is 4.39. The van der Waals surface area contributed by atoms with Gasteiger partial charge in [-0.3, -0.25) is 4.79 Å². The molecule has 1 aliphatic heterocycles. The molecule has 0 saturated carbocycles. The van der Waals surface area contributed by atoms with Crippen molar-refractivity contribution >= 4 is 11.6 Å². The third kappa shape index (κ3) is 1.90. The van der Waals surface area contributed by atoms with Gasteiger partial charge in [-0.15, -0.1) is 0 Å². The number of ether oxygens (including phenoxy) is 1. The zero-order chi connectivity index (χ0) is 12.5. The molecular formula is C13H14N2O2. The van der Waals surface area contributed by atoms with Gasteiger partial charge in [0.05, 0.1) is 19.3 Å². The van der Waals surface area contributed by atoms with Gasteiger partial charge in [-0.2, -0.15) is 5.26 Å². The number of amides is 1. The summed E-state index contributed by atoms with van der Waals surface area (Å²) in [6.45, 7) is 2.35. The number of benzene rings is 1. The summed E-state index contributed by atoms with van der Waals surface area (Å²) in [4.78, 5) is 13.7. The van der Waals surface area contributed by atoms with Gasteiger partial charge in [0.15, 0.2) is 5.41 Å². The molecule has 0 unspecified atom stereocenters. The van der Waals surface area contributed by atoms with Crippen LogP contribution in [0.5, 0.6) is 0 Å². The van der Waals surface area contributed by atoms with Gasteiger partial charge in [0.25, 0.3) is 5.91 Å². The Bertz CT molecular complexity index is 486. The Balaban J connectivity index is 2.24. The van der Waals surface area contributed by atoms with E-state index in [9.17, 15) is 4.79 Å². The molecule has 0 N–H and O–H groups in total. The Morgan fingerprint density at radius 2 is 2.24 bits per heavy atom. The molecule has 1 heterocycles. The zero-order valence-corrected chi connectivity index (χ0v) is 9.93. The molecule has 4 heteroatoms. The number of carbonyl (C=O) groups is 1. The zero-order valence-electron chi connectivity index (χ0n) is 9.93. The van der Waals surface area contributed by atoms with Crippen molar-refractivity contribution in [1.82, 2.24) is 0 Å². The molecule has 88 valence electrons. The first-order valence-corrected chi connectivity index (χ1v) is 5.43. The summed E-state index contributed by atoms with van der Waals surface area (Å²) in [5.74, 6) is -0.197. The number of hydrogen-bond acceptors (Lipinski definition) is 3. The van der Waals surface area contributed by atoms with Crippen LogP contribution in [-0.4, -0.2) is 26.2 Å². The molecule has 1 aromatic carbocycles. The minimum Gasteiger partial charge on any atom is -0.377 e. The summed E-state index contributed by atoms with van der Waals surface area (Å²) < 4.78 is 4.99. The molecule has 1 saturated heterocycles. The van der Waals surface area contributed by atoms with Crippen LogP contribution in [0.2, 0.25) is 0 Å². The highest BCUT2D eigenvalue weighted by molar-refractivity contribution is 5.99. The lowest BCUT2D eigenvalue weighted by molar-refractivity contribution is -0.146. The van der Waals surface area contributed by atoms with Crippen molar-refractivity contribution in [2.75, 3.05) is 25.2 Å². The fourth-order valence-electron chi connectivity index (χ4n) is 1.82. The number of hydrogen-bond donors (Lipinski definition) is 0. The van der Waals surface area contributed by atoms with Gasteiger partial charge in [0, 0.05) is 12.7 Å². The van der Waals surface area contributed by atoms with Crippen molar-refractivity contribution in [3.05, 3.63) is 29.8 Å². The molecule has 0 aliphatic carbocycles. The van der Waals surface area contributed by atoms with Gasteiger partial charge >= 0.3 is 0 Å². The Morgan fingerprint density at radius 1 is 1.53 bits per heavy atom. The first-order valence-electron chi connectivity index (χ1n) is 5.43. The number of carbonyl (C=O) groups excluding carboxylic acids is 1. The Hall–Kier alpha value is -1.86. The molecule has 2 rings (SSSR count). The van der Waals surface area contributed by atoms with Crippen molar-refractivity contribution in [1.29, 1.82) is 5.26 Å². The lowest BCUT2D eigenvalue weighted by atomic mass is 9.86. The van der Waals surface area contributed by atoms with Crippen LogP contribution >= 0.6 is 0 Å². The minimum absolute atomic E-state index is 0.193. The van der Waals surface area contributed by atoms with E-state index < -0.39 is 5.41 Å². The normalized spacial score (nSPS) is 16.8. The average Bonchev–Trinajstić information content (AvgIpc) is 2.27. The monoisotopic (exact) mass is 230 g/mol. The van der Waals surface area contributed by atoms with Crippen LogP contribution < -0.4 is 4.90 Å². The van der Waals surface area contributed by atoms with Gasteiger partial charge in [0.2, 0.25) is 0 Å². The van der Waals surface area contributed by atoms with Crippen LogP contribution in [-0.2, 0) is 9.53 Å². The molecule has 1 amide bonds. The number of rotatable bonds is 2. The second-order valence-corrected chi connectivity index (χ2v) is 4.39. The molecule has 4 nitrogen and oxygen atoms in total. The van der Waals surface area contributed by atoms with Crippen molar-refractivity contribution in [2.24, 2.45) is 5.41 Å². The summed E-state index contributed by atoms with van der Waals surface area (Å²) in [5.41, 5.74) is 0.896. The van der Waals surface area contributed by atoms with E-state index in [2.05, 4.69) is 6.07 Å². The number of aryl methyl sites for hydroxylation is 1. The van der Waals surface area contributed by atoms with Gasteiger partial charge in [-0.05, 0) is 24.6 Å². The van der Waals surface area contributed by atoms with Crippen LogP contribution in [0, 0.1) is 23.7 Å². The maximum atomic E-state index is 12.2. The van der Waals surface area contributed by atoms with E-state index in [4.69, 9.17) is 10.00 Å². The van der Waals surface area contributed by atoms with E-state index in [0.29, 0.717) is 0 Å². The minimum atomic E-state index is -0.988. The number of nitriles is 1. The van der Waals surface area contributed by atoms with Gasteiger partial charge in [0.1, 0.15) is 0 Å². The quantitative estimate of drug-likeness (QED) is 0.773. The molecule has 1 aliphatic rings. The Kier molecular flexibility index (Phi) is 2.86. The van der Waals surface area contributed by atoms with Gasteiger partial charge in [-0.25, -0.2) is 0 Å². The molecule has 0 atom stereocenters. The lowest BCUT2D eigenvalue weighted by Crippen LogP contribution is -2.53. The van der Waals surface area contributed by atoms with Crippen LogP contribution in [0.25, 0.3) is 0 Å². The molecule has 0 radical (unpaired) electrons. The fourth-order valence-corrected chi connectivity index (χ4v) is 1.82. The first-order chi connectivity index (χ1) is 8.09. The van der Waals surface area contributed by atoms with E-state index in [1.54, 1.807) is 7.05 Å². The smallest absolute Gasteiger partial charge is 0.252 e. The lowest BCUT2D eigenvalue weighted by Gasteiger charge is -2.36. The number of nitrogens with zero attached hydrogens (tertiary/aromatic N) is 2.